The molecule has 2 heterocycles. The van der Waals surface area contributed by atoms with Crippen LogP contribution in [0.1, 0.15) is 82.3 Å². The van der Waals surface area contributed by atoms with E-state index in [9.17, 15) is 15.2 Å². The predicted octanol–water partition coefficient (Wildman–Crippen LogP) is 6.32. The van der Waals surface area contributed by atoms with Gasteiger partial charge in [0.15, 0.2) is 0 Å². The molecular weight excluding hydrogens is 436 g/mol. The number of carboxylic acids is 1. The van der Waals surface area contributed by atoms with Gasteiger partial charge in [0.25, 0.3) is 0 Å². The summed E-state index contributed by atoms with van der Waals surface area (Å²) in [6.07, 6.45) is 12.0. The lowest BCUT2D eigenvalue weighted by atomic mass is 9.78. The summed E-state index contributed by atoms with van der Waals surface area (Å²) >= 11 is 0. The second-order valence-corrected chi connectivity index (χ2v) is 11.0. The average Bonchev–Trinajstić information content (AvgIpc) is 2.87. The first-order valence-corrected chi connectivity index (χ1v) is 13.7. The van der Waals surface area contributed by atoms with Crippen molar-refractivity contribution in [2.45, 2.75) is 95.7 Å². The highest BCUT2D eigenvalue weighted by molar-refractivity contribution is 5.90. The van der Waals surface area contributed by atoms with E-state index >= 15 is 0 Å². The number of fused-ring (bicyclic) bond motifs is 3. The fraction of sp³-hybridized carbons (Fsp3) is 0.600. The highest BCUT2D eigenvalue weighted by Gasteiger charge is 2.40. The van der Waals surface area contributed by atoms with Gasteiger partial charge in [0.2, 0.25) is 0 Å². The van der Waals surface area contributed by atoms with E-state index < -0.39 is 5.97 Å². The lowest BCUT2D eigenvalue weighted by molar-refractivity contribution is -0.146. The third-order valence-corrected chi connectivity index (χ3v) is 8.96. The third kappa shape index (κ3) is 5.19. The molecule has 0 amide bonds. The molecule has 0 spiro atoms. The van der Waals surface area contributed by atoms with Crippen LogP contribution in [0.3, 0.4) is 0 Å². The van der Waals surface area contributed by atoms with Crippen LogP contribution in [0.25, 0.3) is 10.8 Å². The quantitative estimate of drug-likeness (QED) is 0.508. The van der Waals surface area contributed by atoms with Crippen LogP contribution in [0.4, 0.5) is 0 Å². The smallest absolute Gasteiger partial charge is 0.306 e. The Morgan fingerprint density at radius 1 is 1.09 bits per heavy atom. The molecule has 0 radical (unpaired) electrons. The van der Waals surface area contributed by atoms with Crippen LogP contribution in [-0.2, 0) is 11.2 Å². The molecule has 5 nitrogen and oxygen atoms in total. The number of aliphatic carboxylic acids is 1. The van der Waals surface area contributed by atoms with Crippen LogP contribution >= 0.6 is 0 Å². The Balaban J connectivity index is 1.26. The predicted molar refractivity (Wildman–Crippen MR) is 138 cm³/mol. The molecule has 0 aromatic heterocycles. The van der Waals surface area contributed by atoms with E-state index in [2.05, 4.69) is 42.2 Å². The minimum absolute atomic E-state index is 0.176. The van der Waals surface area contributed by atoms with Gasteiger partial charge in [-0.2, -0.15) is 5.26 Å². The maximum Gasteiger partial charge on any atom is 0.306 e. The Morgan fingerprint density at radius 3 is 2.49 bits per heavy atom. The molecule has 35 heavy (non-hydrogen) atoms. The largest absolute Gasteiger partial charge is 0.489 e. The van der Waals surface area contributed by atoms with Crippen molar-refractivity contribution in [1.82, 2.24) is 4.90 Å². The highest BCUT2D eigenvalue weighted by Crippen LogP contribution is 2.38. The molecule has 2 aliphatic heterocycles. The van der Waals surface area contributed by atoms with Crippen molar-refractivity contribution in [3.63, 3.8) is 0 Å². The topological polar surface area (TPSA) is 73.6 Å². The Hall–Kier alpha value is -2.58. The van der Waals surface area contributed by atoms with Gasteiger partial charge in [0, 0.05) is 24.0 Å². The van der Waals surface area contributed by atoms with E-state index in [-0.39, 0.29) is 12.0 Å². The van der Waals surface area contributed by atoms with Crippen LogP contribution in [0.2, 0.25) is 0 Å². The van der Waals surface area contributed by atoms with Gasteiger partial charge in [-0.05, 0) is 80.7 Å². The molecule has 2 aromatic carbocycles. The van der Waals surface area contributed by atoms with Gasteiger partial charge in [-0.25, -0.2) is 0 Å². The first-order valence-electron chi connectivity index (χ1n) is 13.7. The zero-order chi connectivity index (χ0) is 24.4. The van der Waals surface area contributed by atoms with E-state index in [0.717, 1.165) is 73.9 Å². The summed E-state index contributed by atoms with van der Waals surface area (Å²) < 4.78 is 6.33. The summed E-state index contributed by atoms with van der Waals surface area (Å²) in [4.78, 5) is 14.1. The van der Waals surface area contributed by atoms with Gasteiger partial charge in [-0.3, -0.25) is 9.69 Å². The fourth-order valence-corrected chi connectivity index (χ4v) is 6.87. The van der Waals surface area contributed by atoms with Gasteiger partial charge in [-0.1, -0.05) is 44.0 Å². The van der Waals surface area contributed by atoms with Gasteiger partial charge >= 0.3 is 5.97 Å². The number of benzene rings is 2. The summed E-state index contributed by atoms with van der Waals surface area (Å²) in [7, 11) is 0. The summed E-state index contributed by atoms with van der Waals surface area (Å²) in [5.41, 5.74) is 1.92. The van der Waals surface area contributed by atoms with Crippen molar-refractivity contribution in [3.8, 4) is 11.8 Å². The van der Waals surface area contributed by atoms with Crippen molar-refractivity contribution >= 4 is 16.7 Å². The second kappa shape index (κ2) is 10.6. The van der Waals surface area contributed by atoms with Crippen molar-refractivity contribution < 1.29 is 14.6 Å². The van der Waals surface area contributed by atoms with E-state index in [1.165, 1.54) is 31.2 Å². The number of carboxylic acid groups (broad SMARTS) is 1. The normalized spacial score (nSPS) is 29.0. The number of piperidine rings is 2. The number of rotatable bonds is 7. The average molecular weight is 475 g/mol. The number of nitrogens with zero attached hydrogens (tertiary/aromatic N) is 2. The number of carbonyl (C=O) groups is 1. The van der Waals surface area contributed by atoms with E-state index in [4.69, 9.17) is 4.74 Å². The van der Waals surface area contributed by atoms with Crippen molar-refractivity contribution in [2.24, 2.45) is 11.8 Å². The number of ether oxygens (including phenoxy) is 1. The number of hydrogen-bond acceptors (Lipinski definition) is 4. The summed E-state index contributed by atoms with van der Waals surface area (Å²) in [6, 6.07) is 13.8. The molecule has 3 aliphatic rings. The number of nitriles is 1. The van der Waals surface area contributed by atoms with Crippen LogP contribution in [0.5, 0.6) is 5.75 Å². The molecule has 2 unspecified atom stereocenters. The molecule has 1 saturated carbocycles. The third-order valence-electron chi connectivity index (χ3n) is 8.96. The van der Waals surface area contributed by atoms with Gasteiger partial charge in [0.05, 0.1) is 12.0 Å². The first-order chi connectivity index (χ1) is 17.1. The Labute approximate surface area is 209 Å². The molecule has 5 rings (SSSR count). The Morgan fingerprint density at radius 2 is 1.83 bits per heavy atom. The van der Waals surface area contributed by atoms with Gasteiger partial charge in [0.1, 0.15) is 17.4 Å². The zero-order valence-electron chi connectivity index (χ0n) is 20.9. The molecule has 2 atom stereocenters. The maximum absolute atomic E-state index is 11.6. The molecule has 2 bridgehead atoms. The maximum atomic E-state index is 11.6. The van der Waals surface area contributed by atoms with E-state index in [1.807, 2.05) is 6.07 Å². The van der Waals surface area contributed by atoms with Crippen molar-refractivity contribution in [2.75, 3.05) is 6.54 Å². The monoisotopic (exact) mass is 474 g/mol. The fourth-order valence-electron chi connectivity index (χ4n) is 6.87. The standard InChI is InChI=1S/C30H38N2O3/c1-2-20-6-10-26(11-7-20)35-29-13-9-22-16-21(8-12-27(22)28(29)19-31)14-15-32-24-4-3-5-25(32)18-23(17-24)30(33)34/h8-9,12-13,16,20,23-26H,2-7,10-11,14-15,17-18H2,1H3,(H,33,34)/t20-,23?,24?,25?,26+. The van der Waals surface area contributed by atoms with Gasteiger partial charge < -0.3 is 9.84 Å². The van der Waals surface area contributed by atoms with E-state index in [1.54, 1.807) is 0 Å². The van der Waals surface area contributed by atoms with Crippen LogP contribution in [0.15, 0.2) is 30.3 Å². The van der Waals surface area contributed by atoms with Crippen LogP contribution < -0.4 is 4.74 Å². The van der Waals surface area contributed by atoms with Crippen molar-refractivity contribution in [1.29, 1.82) is 5.26 Å². The molecule has 1 N–H and O–H groups in total. The SMILES string of the molecule is CC[C@H]1CC[C@@H](Oc2ccc3cc(CCN4C5CCCC4CC(C(=O)O)C5)ccc3c2C#N)CC1. The van der Waals surface area contributed by atoms with Crippen LogP contribution in [0, 0.1) is 23.2 Å². The molecular formula is C30H38N2O3. The van der Waals surface area contributed by atoms with E-state index in [0.29, 0.717) is 17.6 Å². The van der Waals surface area contributed by atoms with Crippen LogP contribution in [-0.4, -0.2) is 40.7 Å². The summed E-state index contributed by atoms with van der Waals surface area (Å²) in [6.45, 7) is 3.24. The molecule has 1 aliphatic carbocycles. The lowest BCUT2D eigenvalue weighted by Gasteiger charge is -2.48. The minimum atomic E-state index is -0.624. The molecule has 186 valence electrons. The number of hydrogen-bond donors (Lipinski definition) is 1. The highest BCUT2D eigenvalue weighted by atomic mass is 16.5. The molecule has 3 fully saturated rings. The second-order valence-electron chi connectivity index (χ2n) is 11.0. The lowest BCUT2D eigenvalue weighted by Crippen LogP contribution is -2.53. The van der Waals surface area contributed by atoms with Crippen molar-refractivity contribution in [3.05, 3.63) is 41.5 Å². The molecule has 2 saturated heterocycles. The first kappa shape index (κ1) is 24.1. The zero-order valence-corrected chi connectivity index (χ0v) is 20.9. The summed E-state index contributed by atoms with van der Waals surface area (Å²) in [5, 5.41) is 21.5. The molecule has 5 heteroatoms. The Bertz CT molecular complexity index is 1080. The Kier molecular flexibility index (Phi) is 7.29. The summed E-state index contributed by atoms with van der Waals surface area (Å²) in [5.74, 6) is 0.747. The molecule has 2 aromatic rings. The van der Waals surface area contributed by atoms with Gasteiger partial charge in [-0.15, -0.1) is 0 Å². The minimum Gasteiger partial charge on any atom is -0.489 e.